The standard InChI is InChI=1S/C17H23N5OS/c1-3-5-14-20-12(2)15(24-14)16(23)21-13-6-10-22(11-7-13)17-18-8-4-9-19-17/h4,8-9,13H,3,5-7,10-11H2,1-2H3,(H,21,23). The summed E-state index contributed by atoms with van der Waals surface area (Å²) in [4.78, 5) is 28.5. The van der Waals surface area contributed by atoms with Gasteiger partial charge in [0.1, 0.15) is 4.88 Å². The van der Waals surface area contributed by atoms with Crippen molar-refractivity contribution in [2.45, 2.75) is 45.6 Å². The normalized spacial score (nSPS) is 15.5. The fraction of sp³-hybridized carbons (Fsp3) is 0.529. The molecule has 0 bridgehead atoms. The lowest BCUT2D eigenvalue weighted by Crippen LogP contribution is -2.45. The number of piperidine rings is 1. The van der Waals surface area contributed by atoms with E-state index in [4.69, 9.17) is 0 Å². The summed E-state index contributed by atoms with van der Waals surface area (Å²) in [6.07, 6.45) is 7.32. The number of carbonyl (C=O) groups is 1. The van der Waals surface area contributed by atoms with Gasteiger partial charge in [0.15, 0.2) is 0 Å². The molecule has 0 radical (unpaired) electrons. The predicted molar refractivity (Wildman–Crippen MR) is 95.6 cm³/mol. The summed E-state index contributed by atoms with van der Waals surface area (Å²) >= 11 is 1.52. The van der Waals surface area contributed by atoms with Crippen molar-refractivity contribution in [3.8, 4) is 0 Å². The van der Waals surface area contributed by atoms with Crippen LogP contribution in [0.25, 0.3) is 0 Å². The predicted octanol–water partition coefficient (Wildman–Crippen LogP) is 2.59. The Labute approximate surface area is 146 Å². The van der Waals surface area contributed by atoms with E-state index in [0.29, 0.717) is 0 Å². The van der Waals surface area contributed by atoms with Gasteiger partial charge in [-0.25, -0.2) is 15.0 Å². The van der Waals surface area contributed by atoms with Crippen molar-refractivity contribution >= 4 is 23.2 Å². The highest BCUT2D eigenvalue weighted by Crippen LogP contribution is 2.21. The monoisotopic (exact) mass is 345 g/mol. The number of aryl methyl sites for hydroxylation is 2. The average Bonchev–Trinajstić information content (AvgIpc) is 2.97. The molecule has 1 amide bonds. The van der Waals surface area contributed by atoms with Crippen LogP contribution in [0.5, 0.6) is 0 Å². The molecule has 0 saturated carbocycles. The Hall–Kier alpha value is -2.02. The lowest BCUT2D eigenvalue weighted by atomic mass is 10.1. The Morgan fingerprint density at radius 3 is 2.71 bits per heavy atom. The maximum Gasteiger partial charge on any atom is 0.263 e. The number of amides is 1. The largest absolute Gasteiger partial charge is 0.348 e. The van der Waals surface area contributed by atoms with Crippen LogP contribution >= 0.6 is 11.3 Å². The van der Waals surface area contributed by atoms with Gasteiger partial charge >= 0.3 is 0 Å². The Morgan fingerprint density at radius 2 is 2.04 bits per heavy atom. The van der Waals surface area contributed by atoms with Gasteiger partial charge in [-0.2, -0.15) is 0 Å². The number of hydrogen-bond donors (Lipinski definition) is 1. The topological polar surface area (TPSA) is 71.0 Å². The highest BCUT2D eigenvalue weighted by Gasteiger charge is 2.24. The minimum absolute atomic E-state index is 0.0155. The molecule has 0 unspecified atom stereocenters. The molecule has 1 aliphatic heterocycles. The van der Waals surface area contributed by atoms with Crippen molar-refractivity contribution in [2.24, 2.45) is 0 Å². The minimum atomic E-state index is 0.0155. The van der Waals surface area contributed by atoms with Crippen LogP contribution < -0.4 is 10.2 Å². The van der Waals surface area contributed by atoms with Crippen molar-refractivity contribution in [2.75, 3.05) is 18.0 Å². The second-order valence-electron chi connectivity index (χ2n) is 6.06. The zero-order chi connectivity index (χ0) is 16.9. The number of rotatable bonds is 5. The van der Waals surface area contributed by atoms with E-state index in [-0.39, 0.29) is 11.9 Å². The van der Waals surface area contributed by atoms with Crippen molar-refractivity contribution < 1.29 is 4.79 Å². The summed E-state index contributed by atoms with van der Waals surface area (Å²) < 4.78 is 0. The molecule has 1 fully saturated rings. The molecule has 3 rings (SSSR count). The molecule has 3 heterocycles. The van der Waals surface area contributed by atoms with Crippen molar-refractivity contribution in [1.29, 1.82) is 0 Å². The summed E-state index contributed by atoms with van der Waals surface area (Å²) in [6.45, 7) is 5.76. The first-order chi connectivity index (χ1) is 11.7. The van der Waals surface area contributed by atoms with Crippen LogP contribution in [0.3, 0.4) is 0 Å². The first-order valence-corrected chi connectivity index (χ1v) is 9.28. The first-order valence-electron chi connectivity index (χ1n) is 8.46. The molecule has 6 nitrogen and oxygen atoms in total. The zero-order valence-electron chi connectivity index (χ0n) is 14.2. The van der Waals surface area contributed by atoms with E-state index in [9.17, 15) is 4.79 Å². The fourth-order valence-electron chi connectivity index (χ4n) is 2.91. The fourth-order valence-corrected chi connectivity index (χ4v) is 3.98. The number of nitrogens with one attached hydrogen (secondary N) is 1. The maximum absolute atomic E-state index is 12.5. The number of hydrogen-bond acceptors (Lipinski definition) is 6. The van der Waals surface area contributed by atoms with Crippen molar-refractivity contribution in [3.05, 3.63) is 34.0 Å². The smallest absolute Gasteiger partial charge is 0.263 e. The second kappa shape index (κ2) is 7.70. The average molecular weight is 345 g/mol. The van der Waals surface area contributed by atoms with Gasteiger partial charge in [-0.3, -0.25) is 4.79 Å². The molecule has 7 heteroatoms. The Balaban J connectivity index is 1.55. The van der Waals surface area contributed by atoms with Crippen LogP contribution in [-0.2, 0) is 6.42 Å². The highest BCUT2D eigenvalue weighted by atomic mass is 32.1. The van der Waals surface area contributed by atoms with Crippen molar-refractivity contribution in [3.63, 3.8) is 0 Å². The summed E-state index contributed by atoms with van der Waals surface area (Å²) in [5, 5.41) is 4.22. The number of thiazole rings is 1. The molecular weight excluding hydrogens is 322 g/mol. The summed E-state index contributed by atoms with van der Waals surface area (Å²) in [5.41, 5.74) is 0.844. The van der Waals surface area contributed by atoms with E-state index >= 15 is 0 Å². The first kappa shape index (κ1) is 16.8. The van der Waals surface area contributed by atoms with Crippen LogP contribution in [0.15, 0.2) is 18.5 Å². The van der Waals surface area contributed by atoms with Crippen LogP contribution in [0, 0.1) is 6.92 Å². The molecule has 2 aromatic rings. The van der Waals surface area contributed by atoms with Gasteiger partial charge in [-0.15, -0.1) is 11.3 Å². The molecule has 24 heavy (non-hydrogen) atoms. The van der Waals surface area contributed by atoms with Crippen LogP contribution in [0.1, 0.15) is 46.6 Å². The van der Waals surface area contributed by atoms with Gasteiger partial charge in [-0.1, -0.05) is 6.92 Å². The van der Waals surface area contributed by atoms with Crippen LogP contribution in [-0.4, -0.2) is 40.0 Å². The van der Waals surface area contributed by atoms with E-state index in [1.807, 2.05) is 13.0 Å². The van der Waals surface area contributed by atoms with Crippen LogP contribution in [0.4, 0.5) is 5.95 Å². The van der Waals surface area contributed by atoms with Crippen LogP contribution in [0.2, 0.25) is 0 Å². The number of nitrogens with zero attached hydrogens (tertiary/aromatic N) is 4. The highest BCUT2D eigenvalue weighted by molar-refractivity contribution is 7.13. The molecule has 0 atom stereocenters. The van der Waals surface area contributed by atoms with E-state index in [1.54, 1.807) is 12.4 Å². The van der Waals surface area contributed by atoms with E-state index in [0.717, 1.165) is 60.3 Å². The molecule has 1 aliphatic rings. The Morgan fingerprint density at radius 1 is 1.33 bits per heavy atom. The summed E-state index contributed by atoms with van der Waals surface area (Å²) in [6, 6.07) is 2.02. The molecule has 0 aliphatic carbocycles. The second-order valence-corrected chi connectivity index (χ2v) is 7.14. The van der Waals surface area contributed by atoms with E-state index in [1.165, 1.54) is 11.3 Å². The Bertz CT molecular complexity index is 680. The third-order valence-corrected chi connectivity index (χ3v) is 5.39. The number of carbonyl (C=O) groups excluding carboxylic acids is 1. The minimum Gasteiger partial charge on any atom is -0.348 e. The van der Waals surface area contributed by atoms with Gasteiger partial charge in [0.05, 0.1) is 10.7 Å². The molecule has 2 aromatic heterocycles. The molecule has 128 valence electrons. The quantitative estimate of drug-likeness (QED) is 0.902. The molecule has 1 N–H and O–H groups in total. The van der Waals surface area contributed by atoms with Gasteiger partial charge in [-0.05, 0) is 38.7 Å². The third kappa shape index (κ3) is 3.90. The molecule has 1 saturated heterocycles. The lowest BCUT2D eigenvalue weighted by Gasteiger charge is -2.32. The number of aromatic nitrogens is 3. The summed E-state index contributed by atoms with van der Waals surface area (Å²) in [7, 11) is 0. The Kier molecular flexibility index (Phi) is 5.40. The SMILES string of the molecule is CCCc1nc(C)c(C(=O)NC2CCN(c3ncccn3)CC2)s1. The summed E-state index contributed by atoms with van der Waals surface area (Å²) in [5.74, 6) is 0.784. The lowest BCUT2D eigenvalue weighted by molar-refractivity contribution is 0.0934. The molecule has 0 aromatic carbocycles. The maximum atomic E-state index is 12.5. The number of anilines is 1. The van der Waals surface area contributed by atoms with Gasteiger partial charge in [0.2, 0.25) is 5.95 Å². The van der Waals surface area contributed by atoms with Gasteiger partial charge in [0, 0.05) is 31.5 Å². The van der Waals surface area contributed by atoms with Crippen molar-refractivity contribution in [1.82, 2.24) is 20.3 Å². The van der Waals surface area contributed by atoms with Gasteiger partial charge < -0.3 is 10.2 Å². The van der Waals surface area contributed by atoms with E-state index in [2.05, 4.69) is 32.1 Å². The van der Waals surface area contributed by atoms with Gasteiger partial charge in [0.25, 0.3) is 5.91 Å². The molecule has 0 spiro atoms. The molecular formula is C17H23N5OS. The third-order valence-electron chi connectivity index (χ3n) is 4.18. The zero-order valence-corrected chi connectivity index (χ0v) is 15.0. The van der Waals surface area contributed by atoms with E-state index < -0.39 is 0 Å².